The second-order valence-electron chi connectivity index (χ2n) is 4.21. The molecule has 0 aliphatic heterocycles. The van der Waals surface area contributed by atoms with Crippen LogP contribution in [0.25, 0.3) is 0 Å². The highest BCUT2D eigenvalue weighted by molar-refractivity contribution is 9.10. The van der Waals surface area contributed by atoms with E-state index in [1.54, 1.807) is 12.1 Å². The van der Waals surface area contributed by atoms with E-state index in [-0.39, 0.29) is 17.7 Å². The molecule has 0 heterocycles. The number of phenols is 1. The fourth-order valence-corrected chi connectivity index (χ4v) is 1.87. The minimum absolute atomic E-state index is 0.0109. The Balaban J connectivity index is 2.65. The van der Waals surface area contributed by atoms with Crippen LogP contribution in [0.1, 0.15) is 36.5 Å². The van der Waals surface area contributed by atoms with Gasteiger partial charge in [-0.1, -0.05) is 19.8 Å². The van der Waals surface area contributed by atoms with E-state index in [0.29, 0.717) is 16.6 Å². The minimum Gasteiger partial charge on any atom is -0.507 e. The normalized spacial score (nSPS) is 12.2. The third-order valence-corrected chi connectivity index (χ3v) is 3.40. The molecule has 0 aromatic heterocycles. The molecule has 0 spiro atoms. The molecule has 0 bridgehead atoms. The first-order valence-electron chi connectivity index (χ1n) is 6.08. The molecule has 1 rings (SSSR count). The van der Waals surface area contributed by atoms with Crippen molar-refractivity contribution in [3.05, 3.63) is 28.2 Å². The highest BCUT2D eigenvalue weighted by Gasteiger charge is 2.13. The summed E-state index contributed by atoms with van der Waals surface area (Å²) in [6.07, 6.45) is 2.99. The second-order valence-corrected chi connectivity index (χ2v) is 5.07. The number of benzene rings is 1. The summed E-state index contributed by atoms with van der Waals surface area (Å²) in [6.45, 7) is 2.52. The van der Waals surface area contributed by atoms with E-state index in [1.165, 1.54) is 6.07 Å². The highest BCUT2D eigenvalue weighted by Crippen LogP contribution is 2.24. The fraction of sp³-hybridized carbons (Fsp3) is 0.462. The number of aromatic hydroxyl groups is 1. The van der Waals surface area contributed by atoms with Gasteiger partial charge in [0, 0.05) is 18.2 Å². The van der Waals surface area contributed by atoms with Crippen LogP contribution in [-0.4, -0.2) is 23.6 Å². The Morgan fingerprint density at radius 1 is 1.56 bits per heavy atom. The lowest BCUT2D eigenvalue weighted by molar-refractivity contribution is 0.0935. The highest BCUT2D eigenvalue weighted by atomic mass is 79.9. The molecule has 0 saturated heterocycles. The molecule has 5 heteroatoms. The summed E-state index contributed by atoms with van der Waals surface area (Å²) in [5.41, 5.74) is 6.06. The van der Waals surface area contributed by atoms with Crippen molar-refractivity contribution in [3.8, 4) is 5.75 Å². The molecule has 4 N–H and O–H groups in total. The Kier molecular flexibility index (Phi) is 6.15. The van der Waals surface area contributed by atoms with Crippen molar-refractivity contribution < 1.29 is 9.90 Å². The number of amides is 1. The molecule has 0 radical (unpaired) electrons. The van der Waals surface area contributed by atoms with E-state index in [4.69, 9.17) is 5.73 Å². The van der Waals surface area contributed by atoms with Gasteiger partial charge in [-0.15, -0.1) is 0 Å². The molecule has 1 atom stereocenters. The topological polar surface area (TPSA) is 75.3 Å². The maximum atomic E-state index is 11.9. The van der Waals surface area contributed by atoms with Crippen LogP contribution < -0.4 is 11.1 Å². The number of hydrogen-bond donors (Lipinski definition) is 3. The molecule has 0 saturated carbocycles. The van der Waals surface area contributed by atoms with E-state index >= 15 is 0 Å². The van der Waals surface area contributed by atoms with Gasteiger partial charge in [-0.05, 0) is 40.5 Å². The number of phenolic OH excluding ortho intramolecular Hbond substituents is 1. The first-order chi connectivity index (χ1) is 8.58. The molecule has 4 nitrogen and oxygen atoms in total. The Hall–Kier alpha value is -1.07. The van der Waals surface area contributed by atoms with Crippen molar-refractivity contribution in [2.75, 3.05) is 6.54 Å². The van der Waals surface area contributed by atoms with Crippen LogP contribution in [0.2, 0.25) is 0 Å². The predicted molar refractivity (Wildman–Crippen MR) is 75.6 cm³/mol. The third-order valence-electron chi connectivity index (χ3n) is 2.73. The summed E-state index contributed by atoms with van der Waals surface area (Å²) >= 11 is 3.18. The quantitative estimate of drug-likeness (QED) is 0.754. The summed E-state index contributed by atoms with van der Waals surface area (Å²) < 4.78 is 0.570. The average Bonchev–Trinajstić information content (AvgIpc) is 2.37. The zero-order valence-electron chi connectivity index (χ0n) is 10.4. The van der Waals surface area contributed by atoms with Gasteiger partial charge in [-0.2, -0.15) is 0 Å². The number of carbonyl (C=O) groups excluding carboxylic acids is 1. The van der Waals surface area contributed by atoms with Crippen molar-refractivity contribution in [2.45, 2.75) is 32.2 Å². The zero-order chi connectivity index (χ0) is 13.5. The maximum absolute atomic E-state index is 11.9. The van der Waals surface area contributed by atoms with Crippen LogP contribution in [0.4, 0.5) is 0 Å². The number of carbonyl (C=O) groups is 1. The minimum atomic E-state index is -0.204. The predicted octanol–water partition coefficient (Wildman–Crippen LogP) is 2.40. The standard InChI is InChI=1S/C13H19BrN2O2/c1-2-3-4-10(8-15)16-13(18)9-5-6-11(14)12(17)7-9/h5-7,10,17H,2-4,8,15H2,1H3,(H,16,18). The van der Waals surface area contributed by atoms with Gasteiger partial charge >= 0.3 is 0 Å². The number of nitrogens with two attached hydrogens (primary N) is 1. The molecule has 100 valence electrons. The van der Waals surface area contributed by atoms with Gasteiger partial charge in [0.15, 0.2) is 0 Å². The largest absolute Gasteiger partial charge is 0.507 e. The fourth-order valence-electron chi connectivity index (χ4n) is 1.62. The van der Waals surface area contributed by atoms with Crippen molar-refractivity contribution in [3.63, 3.8) is 0 Å². The van der Waals surface area contributed by atoms with E-state index < -0.39 is 0 Å². The Morgan fingerprint density at radius 2 is 2.28 bits per heavy atom. The first kappa shape index (κ1) is 15.0. The molecule has 1 aromatic carbocycles. The maximum Gasteiger partial charge on any atom is 0.251 e. The van der Waals surface area contributed by atoms with Crippen molar-refractivity contribution >= 4 is 21.8 Å². The monoisotopic (exact) mass is 314 g/mol. The van der Waals surface area contributed by atoms with Crippen molar-refractivity contribution in [2.24, 2.45) is 5.73 Å². The summed E-state index contributed by atoms with van der Waals surface area (Å²) in [4.78, 5) is 11.9. The van der Waals surface area contributed by atoms with Gasteiger partial charge in [0.2, 0.25) is 0 Å². The summed E-state index contributed by atoms with van der Waals surface area (Å²) in [6, 6.07) is 4.73. The average molecular weight is 315 g/mol. The molecule has 1 amide bonds. The van der Waals surface area contributed by atoms with E-state index in [1.807, 2.05) is 0 Å². The van der Waals surface area contributed by atoms with Crippen LogP contribution >= 0.6 is 15.9 Å². The van der Waals surface area contributed by atoms with Crippen LogP contribution in [0.5, 0.6) is 5.75 Å². The SMILES string of the molecule is CCCCC(CN)NC(=O)c1ccc(Br)c(O)c1. The Bertz CT molecular complexity index is 410. The van der Waals surface area contributed by atoms with Crippen LogP contribution in [0.3, 0.4) is 0 Å². The lowest BCUT2D eigenvalue weighted by Crippen LogP contribution is -2.40. The second kappa shape index (κ2) is 7.38. The molecule has 0 aliphatic carbocycles. The lowest BCUT2D eigenvalue weighted by atomic mass is 10.1. The number of rotatable bonds is 6. The molecular weight excluding hydrogens is 296 g/mol. The first-order valence-corrected chi connectivity index (χ1v) is 6.87. The van der Waals surface area contributed by atoms with E-state index in [2.05, 4.69) is 28.2 Å². The molecule has 18 heavy (non-hydrogen) atoms. The number of halogens is 1. The van der Waals surface area contributed by atoms with E-state index in [0.717, 1.165) is 19.3 Å². The molecule has 1 aromatic rings. The number of nitrogens with one attached hydrogen (secondary N) is 1. The van der Waals surface area contributed by atoms with Crippen molar-refractivity contribution in [1.82, 2.24) is 5.32 Å². The third kappa shape index (κ3) is 4.31. The molecule has 0 fully saturated rings. The van der Waals surface area contributed by atoms with Gasteiger partial charge in [-0.25, -0.2) is 0 Å². The zero-order valence-corrected chi connectivity index (χ0v) is 12.0. The Labute approximate surface area is 116 Å². The van der Waals surface area contributed by atoms with Gasteiger partial charge in [0.05, 0.1) is 4.47 Å². The van der Waals surface area contributed by atoms with Gasteiger partial charge < -0.3 is 16.2 Å². The number of unbranched alkanes of at least 4 members (excludes halogenated alkanes) is 1. The van der Waals surface area contributed by atoms with Gasteiger partial charge in [0.25, 0.3) is 5.91 Å². The van der Waals surface area contributed by atoms with Gasteiger partial charge in [0.1, 0.15) is 5.75 Å². The molecule has 0 aliphatic rings. The summed E-state index contributed by atoms with van der Waals surface area (Å²) in [5.74, 6) is -0.148. The van der Waals surface area contributed by atoms with Crippen LogP contribution in [0, 0.1) is 0 Å². The smallest absolute Gasteiger partial charge is 0.251 e. The van der Waals surface area contributed by atoms with Gasteiger partial charge in [-0.3, -0.25) is 4.79 Å². The van der Waals surface area contributed by atoms with Crippen LogP contribution in [-0.2, 0) is 0 Å². The lowest BCUT2D eigenvalue weighted by Gasteiger charge is -2.16. The van der Waals surface area contributed by atoms with E-state index in [9.17, 15) is 9.90 Å². The number of hydrogen-bond acceptors (Lipinski definition) is 3. The summed E-state index contributed by atoms with van der Waals surface area (Å²) in [7, 11) is 0. The molecular formula is C13H19BrN2O2. The Morgan fingerprint density at radius 3 is 2.83 bits per heavy atom. The summed E-state index contributed by atoms with van der Waals surface area (Å²) in [5, 5.41) is 12.4. The van der Waals surface area contributed by atoms with Crippen molar-refractivity contribution in [1.29, 1.82) is 0 Å². The van der Waals surface area contributed by atoms with Crippen LogP contribution in [0.15, 0.2) is 22.7 Å². The molecule has 1 unspecified atom stereocenters.